The highest BCUT2D eigenvalue weighted by Gasteiger charge is 2.17. The van der Waals surface area contributed by atoms with Gasteiger partial charge >= 0.3 is 5.69 Å². The van der Waals surface area contributed by atoms with Gasteiger partial charge in [0.05, 0.1) is 10.4 Å². The van der Waals surface area contributed by atoms with Crippen molar-refractivity contribution in [3.05, 3.63) is 44.1 Å². The van der Waals surface area contributed by atoms with E-state index in [0.29, 0.717) is 15.9 Å². The smallest absolute Gasteiger partial charge is 0.258 e. The second-order valence-corrected chi connectivity index (χ2v) is 4.07. The zero-order valence-electron chi connectivity index (χ0n) is 8.20. The van der Waals surface area contributed by atoms with Crippen molar-refractivity contribution in [2.24, 2.45) is 0 Å². The van der Waals surface area contributed by atoms with Gasteiger partial charge in [-0.15, -0.1) is 0 Å². The first-order valence-electron chi connectivity index (χ1n) is 4.40. The van der Waals surface area contributed by atoms with Crippen LogP contribution < -0.4 is 0 Å². The predicted molar refractivity (Wildman–Crippen MR) is 63.2 cm³/mol. The van der Waals surface area contributed by atoms with E-state index in [2.05, 4.69) is 4.98 Å². The Labute approximate surface area is 101 Å². The van der Waals surface area contributed by atoms with Crippen LogP contribution in [0.25, 0.3) is 10.9 Å². The second-order valence-electron chi connectivity index (χ2n) is 3.28. The molecule has 0 aliphatic heterocycles. The van der Waals surface area contributed by atoms with Crippen LogP contribution in [0.5, 0.6) is 0 Å². The van der Waals surface area contributed by atoms with Crippen molar-refractivity contribution in [1.29, 1.82) is 0 Å². The minimum atomic E-state index is -0.557. The molecule has 1 heterocycles. The Morgan fingerprint density at radius 3 is 2.69 bits per heavy atom. The van der Waals surface area contributed by atoms with Gasteiger partial charge in [-0.25, -0.2) is 4.98 Å². The molecule has 1 aromatic carbocycles. The molecule has 0 aliphatic carbocycles. The number of hydrogen-bond donors (Lipinski definition) is 0. The highest BCUT2D eigenvalue weighted by atomic mass is 35.5. The number of halogens is 2. The van der Waals surface area contributed by atoms with E-state index in [0.717, 1.165) is 11.8 Å². The van der Waals surface area contributed by atoms with Crippen LogP contribution in [0.2, 0.25) is 10.0 Å². The zero-order chi connectivity index (χ0) is 11.9. The predicted octanol–water partition coefficient (Wildman–Crippen LogP) is 3.76. The summed E-state index contributed by atoms with van der Waals surface area (Å²) in [7, 11) is 0. The normalized spacial score (nSPS) is 10.7. The standard InChI is InChI=1S/C10H6Cl2N2O2/c1-5-7(11)3-2-6-9(12)8(14(15)16)4-13-10(5)6/h2-4H,1H3. The van der Waals surface area contributed by atoms with Crippen LogP contribution in [0.1, 0.15) is 5.56 Å². The van der Waals surface area contributed by atoms with E-state index >= 15 is 0 Å². The van der Waals surface area contributed by atoms with Crippen LogP contribution >= 0.6 is 23.2 Å². The quantitative estimate of drug-likeness (QED) is 0.577. The van der Waals surface area contributed by atoms with Crippen molar-refractivity contribution >= 4 is 39.8 Å². The monoisotopic (exact) mass is 256 g/mol. The Hall–Kier alpha value is -1.39. The van der Waals surface area contributed by atoms with Crippen LogP contribution in [0.15, 0.2) is 18.3 Å². The number of aryl methyl sites for hydroxylation is 1. The van der Waals surface area contributed by atoms with Gasteiger partial charge in [-0.05, 0) is 24.6 Å². The van der Waals surface area contributed by atoms with Gasteiger partial charge in [0.25, 0.3) is 0 Å². The fourth-order valence-corrected chi connectivity index (χ4v) is 1.89. The zero-order valence-corrected chi connectivity index (χ0v) is 9.71. The van der Waals surface area contributed by atoms with Crippen LogP contribution in [-0.2, 0) is 0 Å². The Bertz CT molecular complexity index is 599. The molecule has 82 valence electrons. The van der Waals surface area contributed by atoms with Gasteiger partial charge in [0.2, 0.25) is 0 Å². The maximum atomic E-state index is 10.7. The second kappa shape index (κ2) is 3.88. The van der Waals surface area contributed by atoms with E-state index in [-0.39, 0.29) is 10.7 Å². The third-order valence-electron chi connectivity index (χ3n) is 2.34. The van der Waals surface area contributed by atoms with Gasteiger partial charge in [-0.1, -0.05) is 23.2 Å². The maximum absolute atomic E-state index is 10.7. The van der Waals surface area contributed by atoms with Crippen LogP contribution in [0, 0.1) is 17.0 Å². The van der Waals surface area contributed by atoms with E-state index in [1.54, 1.807) is 19.1 Å². The topological polar surface area (TPSA) is 56.0 Å². The van der Waals surface area contributed by atoms with E-state index in [1.165, 1.54) is 0 Å². The van der Waals surface area contributed by atoms with Gasteiger partial charge < -0.3 is 0 Å². The van der Waals surface area contributed by atoms with E-state index in [1.807, 2.05) is 0 Å². The fraction of sp³-hybridized carbons (Fsp3) is 0.100. The summed E-state index contributed by atoms with van der Waals surface area (Å²) in [6, 6.07) is 3.28. The average Bonchev–Trinajstić information content (AvgIpc) is 2.23. The minimum Gasteiger partial charge on any atom is -0.258 e. The maximum Gasteiger partial charge on any atom is 0.306 e. The lowest BCUT2D eigenvalue weighted by atomic mass is 10.1. The largest absolute Gasteiger partial charge is 0.306 e. The number of fused-ring (bicyclic) bond motifs is 1. The van der Waals surface area contributed by atoms with E-state index in [9.17, 15) is 10.1 Å². The molecule has 0 amide bonds. The number of benzene rings is 1. The van der Waals surface area contributed by atoms with Crippen molar-refractivity contribution in [2.75, 3.05) is 0 Å². The molecule has 0 N–H and O–H groups in total. The van der Waals surface area contributed by atoms with Crippen molar-refractivity contribution in [2.45, 2.75) is 6.92 Å². The first-order chi connectivity index (χ1) is 7.52. The molecular formula is C10H6Cl2N2O2. The molecule has 0 spiro atoms. The molecule has 6 heteroatoms. The molecule has 0 atom stereocenters. The molecule has 2 aromatic rings. The number of nitrogens with zero attached hydrogens (tertiary/aromatic N) is 2. The molecule has 0 aliphatic rings. The lowest BCUT2D eigenvalue weighted by molar-refractivity contribution is -0.384. The first kappa shape index (κ1) is 11.1. The number of pyridine rings is 1. The Morgan fingerprint density at radius 1 is 1.38 bits per heavy atom. The molecule has 0 unspecified atom stereocenters. The van der Waals surface area contributed by atoms with E-state index in [4.69, 9.17) is 23.2 Å². The van der Waals surface area contributed by atoms with Crippen molar-refractivity contribution in [3.63, 3.8) is 0 Å². The Morgan fingerprint density at radius 2 is 2.06 bits per heavy atom. The highest BCUT2D eigenvalue weighted by Crippen LogP contribution is 2.34. The summed E-state index contributed by atoms with van der Waals surface area (Å²) in [6.45, 7) is 1.79. The molecule has 0 bridgehead atoms. The minimum absolute atomic E-state index is 0.0924. The Balaban J connectivity index is 2.87. The van der Waals surface area contributed by atoms with Gasteiger partial charge in [-0.2, -0.15) is 0 Å². The van der Waals surface area contributed by atoms with Crippen LogP contribution in [0.3, 0.4) is 0 Å². The number of aromatic nitrogens is 1. The van der Waals surface area contributed by atoms with Gasteiger partial charge in [0, 0.05) is 10.4 Å². The molecule has 0 radical (unpaired) electrons. The molecule has 0 saturated heterocycles. The van der Waals surface area contributed by atoms with Gasteiger partial charge in [0.15, 0.2) is 0 Å². The number of nitro groups is 1. The summed E-state index contributed by atoms with van der Waals surface area (Å²) in [6.07, 6.45) is 1.15. The van der Waals surface area contributed by atoms with Gasteiger partial charge in [-0.3, -0.25) is 10.1 Å². The van der Waals surface area contributed by atoms with Gasteiger partial charge in [0.1, 0.15) is 11.2 Å². The van der Waals surface area contributed by atoms with E-state index < -0.39 is 4.92 Å². The molecule has 1 aromatic heterocycles. The summed E-state index contributed by atoms with van der Waals surface area (Å²) >= 11 is 11.9. The highest BCUT2D eigenvalue weighted by molar-refractivity contribution is 6.38. The van der Waals surface area contributed by atoms with Crippen molar-refractivity contribution in [1.82, 2.24) is 4.98 Å². The lowest BCUT2D eigenvalue weighted by Crippen LogP contribution is -1.93. The third-order valence-corrected chi connectivity index (χ3v) is 3.15. The number of rotatable bonds is 1. The SMILES string of the molecule is Cc1c(Cl)ccc2c(Cl)c([N+](=O)[O-])cnc12. The summed E-state index contributed by atoms with van der Waals surface area (Å²) in [5, 5.41) is 11.9. The molecule has 2 rings (SSSR count). The summed E-state index contributed by atoms with van der Waals surface area (Å²) in [4.78, 5) is 14.1. The van der Waals surface area contributed by atoms with Crippen molar-refractivity contribution < 1.29 is 4.92 Å². The first-order valence-corrected chi connectivity index (χ1v) is 5.15. The Kier molecular flexibility index (Phi) is 2.69. The molecular weight excluding hydrogens is 251 g/mol. The third kappa shape index (κ3) is 1.60. The molecule has 0 saturated carbocycles. The summed E-state index contributed by atoms with van der Waals surface area (Å²) in [5.74, 6) is 0. The lowest BCUT2D eigenvalue weighted by Gasteiger charge is -2.04. The molecule has 16 heavy (non-hydrogen) atoms. The van der Waals surface area contributed by atoms with Crippen LogP contribution in [0.4, 0.5) is 5.69 Å². The average molecular weight is 257 g/mol. The molecule has 4 nitrogen and oxygen atoms in total. The van der Waals surface area contributed by atoms with Crippen LogP contribution in [-0.4, -0.2) is 9.91 Å². The van der Waals surface area contributed by atoms with Crippen molar-refractivity contribution in [3.8, 4) is 0 Å². The summed E-state index contributed by atoms with van der Waals surface area (Å²) in [5.41, 5.74) is 1.15. The molecule has 0 fully saturated rings. The fourth-order valence-electron chi connectivity index (χ4n) is 1.47. The number of hydrogen-bond acceptors (Lipinski definition) is 3. The summed E-state index contributed by atoms with van der Waals surface area (Å²) < 4.78 is 0.